The number of hydrogen-bond acceptors (Lipinski definition) is 4. The molecule has 18 heavy (non-hydrogen) atoms. The highest BCUT2D eigenvalue weighted by Gasteiger charge is 2.03. The van der Waals surface area contributed by atoms with Crippen molar-refractivity contribution in [3.63, 3.8) is 0 Å². The maximum atomic E-state index is 4.31. The summed E-state index contributed by atoms with van der Waals surface area (Å²) in [6.45, 7) is 6.45. The molecule has 0 unspecified atom stereocenters. The molecule has 0 saturated heterocycles. The molecule has 4 heteroatoms. The zero-order valence-electron chi connectivity index (χ0n) is 11.9. The van der Waals surface area contributed by atoms with Gasteiger partial charge in [-0.3, -0.25) is 0 Å². The van der Waals surface area contributed by atoms with Crippen molar-refractivity contribution in [3.05, 3.63) is 12.4 Å². The van der Waals surface area contributed by atoms with E-state index in [9.17, 15) is 0 Å². The third-order valence-electron chi connectivity index (χ3n) is 2.98. The maximum absolute atomic E-state index is 4.31. The normalized spacial score (nSPS) is 10.4. The Kier molecular flexibility index (Phi) is 7.14. The summed E-state index contributed by atoms with van der Waals surface area (Å²) in [5.74, 6) is 1.93. The summed E-state index contributed by atoms with van der Waals surface area (Å²) < 4.78 is 0. The van der Waals surface area contributed by atoms with E-state index in [-0.39, 0.29) is 0 Å². The van der Waals surface area contributed by atoms with Gasteiger partial charge in [0.1, 0.15) is 18.0 Å². The minimum Gasteiger partial charge on any atom is -0.370 e. The Morgan fingerprint density at radius 2 is 1.89 bits per heavy atom. The van der Waals surface area contributed by atoms with Crippen molar-refractivity contribution in [1.82, 2.24) is 9.97 Å². The van der Waals surface area contributed by atoms with Crippen LogP contribution in [-0.4, -0.2) is 30.1 Å². The number of anilines is 2. The molecule has 1 heterocycles. The van der Waals surface area contributed by atoms with Gasteiger partial charge in [0.15, 0.2) is 0 Å². The van der Waals surface area contributed by atoms with Crippen LogP contribution in [0.4, 0.5) is 11.6 Å². The summed E-state index contributed by atoms with van der Waals surface area (Å²) in [5.41, 5.74) is 0. The van der Waals surface area contributed by atoms with E-state index in [0.29, 0.717) is 0 Å². The lowest BCUT2D eigenvalue weighted by molar-refractivity contribution is 0.741. The second kappa shape index (κ2) is 8.72. The summed E-state index contributed by atoms with van der Waals surface area (Å²) in [7, 11) is 2.08. The highest BCUT2D eigenvalue weighted by molar-refractivity contribution is 5.47. The largest absolute Gasteiger partial charge is 0.370 e. The highest BCUT2D eigenvalue weighted by Crippen LogP contribution is 2.13. The molecular weight excluding hydrogens is 224 g/mol. The molecule has 0 radical (unpaired) electrons. The monoisotopic (exact) mass is 250 g/mol. The highest BCUT2D eigenvalue weighted by atomic mass is 15.2. The molecule has 4 nitrogen and oxygen atoms in total. The smallest absolute Gasteiger partial charge is 0.133 e. The maximum Gasteiger partial charge on any atom is 0.133 e. The van der Waals surface area contributed by atoms with Crippen LogP contribution in [0.3, 0.4) is 0 Å². The van der Waals surface area contributed by atoms with Crippen molar-refractivity contribution >= 4 is 11.6 Å². The fourth-order valence-corrected chi connectivity index (χ4v) is 1.75. The third-order valence-corrected chi connectivity index (χ3v) is 2.98. The van der Waals surface area contributed by atoms with Crippen LogP contribution in [0, 0.1) is 0 Å². The van der Waals surface area contributed by atoms with E-state index in [4.69, 9.17) is 0 Å². The third kappa shape index (κ3) is 5.34. The lowest BCUT2D eigenvalue weighted by Gasteiger charge is -2.18. The quantitative estimate of drug-likeness (QED) is 0.683. The van der Waals surface area contributed by atoms with Crippen molar-refractivity contribution in [2.75, 3.05) is 30.4 Å². The predicted octanol–water partition coefficient (Wildman–Crippen LogP) is 3.32. The number of unbranched alkanes of at least 4 members (excludes halogenated alkanes) is 3. The molecule has 0 aliphatic heterocycles. The van der Waals surface area contributed by atoms with Gasteiger partial charge in [-0.15, -0.1) is 0 Å². The Morgan fingerprint density at radius 1 is 1.11 bits per heavy atom. The number of rotatable bonds is 9. The van der Waals surface area contributed by atoms with E-state index >= 15 is 0 Å². The van der Waals surface area contributed by atoms with Crippen LogP contribution >= 0.6 is 0 Å². The standard InChI is InChI=1S/C14H26N4/c1-4-6-8-9-15-13-11-14(17-12-16-13)18(3)10-7-5-2/h11-12H,4-10H2,1-3H3,(H,15,16,17). The molecule has 0 aromatic carbocycles. The molecule has 0 atom stereocenters. The van der Waals surface area contributed by atoms with Crippen LogP contribution in [0.15, 0.2) is 12.4 Å². The van der Waals surface area contributed by atoms with Crippen molar-refractivity contribution in [2.24, 2.45) is 0 Å². The molecule has 102 valence electrons. The number of nitrogens with one attached hydrogen (secondary N) is 1. The number of hydrogen-bond donors (Lipinski definition) is 1. The van der Waals surface area contributed by atoms with Crippen LogP contribution in [0.25, 0.3) is 0 Å². The van der Waals surface area contributed by atoms with Gasteiger partial charge in [-0.05, 0) is 12.8 Å². The zero-order chi connectivity index (χ0) is 13.2. The first kappa shape index (κ1) is 14.7. The summed E-state index contributed by atoms with van der Waals surface area (Å²) in [5, 5.41) is 3.35. The van der Waals surface area contributed by atoms with Gasteiger partial charge in [0.25, 0.3) is 0 Å². The molecule has 0 amide bonds. The van der Waals surface area contributed by atoms with Gasteiger partial charge in [0, 0.05) is 26.2 Å². The number of aromatic nitrogens is 2. The fraction of sp³-hybridized carbons (Fsp3) is 0.714. The second-order valence-corrected chi connectivity index (χ2v) is 4.67. The van der Waals surface area contributed by atoms with E-state index in [0.717, 1.165) is 24.7 Å². The zero-order valence-corrected chi connectivity index (χ0v) is 11.9. The van der Waals surface area contributed by atoms with Gasteiger partial charge in [-0.1, -0.05) is 33.1 Å². The van der Waals surface area contributed by atoms with Crippen LogP contribution in [0.5, 0.6) is 0 Å². The van der Waals surface area contributed by atoms with Crippen molar-refractivity contribution in [3.8, 4) is 0 Å². The van der Waals surface area contributed by atoms with Gasteiger partial charge >= 0.3 is 0 Å². The minimum absolute atomic E-state index is 0.930. The SMILES string of the molecule is CCCCCNc1cc(N(C)CCCC)ncn1. The van der Waals surface area contributed by atoms with Crippen LogP contribution in [0.1, 0.15) is 46.0 Å². The minimum atomic E-state index is 0.930. The first-order valence-corrected chi connectivity index (χ1v) is 7.05. The van der Waals surface area contributed by atoms with Gasteiger partial charge in [-0.2, -0.15) is 0 Å². The van der Waals surface area contributed by atoms with Crippen LogP contribution < -0.4 is 10.2 Å². The molecule has 0 fully saturated rings. The molecule has 1 N–H and O–H groups in total. The Hall–Kier alpha value is -1.32. The van der Waals surface area contributed by atoms with E-state index in [1.165, 1.54) is 32.1 Å². The average Bonchev–Trinajstić information content (AvgIpc) is 2.41. The predicted molar refractivity (Wildman–Crippen MR) is 78.2 cm³/mol. The molecule has 0 aliphatic carbocycles. The van der Waals surface area contributed by atoms with E-state index < -0.39 is 0 Å². The number of nitrogens with zero attached hydrogens (tertiary/aromatic N) is 3. The molecule has 1 aromatic rings. The first-order valence-electron chi connectivity index (χ1n) is 7.05. The fourth-order valence-electron chi connectivity index (χ4n) is 1.75. The van der Waals surface area contributed by atoms with Crippen molar-refractivity contribution in [1.29, 1.82) is 0 Å². The summed E-state index contributed by atoms with van der Waals surface area (Å²) >= 11 is 0. The molecule has 1 aromatic heterocycles. The van der Waals surface area contributed by atoms with Crippen molar-refractivity contribution in [2.45, 2.75) is 46.0 Å². The average molecular weight is 250 g/mol. The van der Waals surface area contributed by atoms with E-state index in [1.54, 1.807) is 6.33 Å². The summed E-state index contributed by atoms with van der Waals surface area (Å²) in [4.78, 5) is 10.7. The van der Waals surface area contributed by atoms with Crippen LogP contribution in [0.2, 0.25) is 0 Å². The lowest BCUT2D eigenvalue weighted by atomic mass is 10.2. The summed E-state index contributed by atoms with van der Waals surface area (Å²) in [6, 6.07) is 2.03. The molecule has 0 spiro atoms. The molecule has 0 aliphatic rings. The topological polar surface area (TPSA) is 41.0 Å². The Labute approximate surface area is 111 Å². The lowest BCUT2D eigenvalue weighted by Crippen LogP contribution is -2.20. The Balaban J connectivity index is 2.45. The molecule has 1 rings (SSSR count). The molecule has 0 bridgehead atoms. The van der Waals surface area contributed by atoms with Crippen LogP contribution in [-0.2, 0) is 0 Å². The first-order chi connectivity index (χ1) is 8.77. The molecule has 0 saturated carbocycles. The van der Waals surface area contributed by atoms with Crippen molar-refractivity contribution < 1.29 is 0 Å². The van der Waals surface area contributed by atoms with Gasteiger partial charge in [-0.25, -0.2) is 9.97 Å². The van der Waals surface area contributed by atoms with E-state index in [1.807, 2.05) is 6.07 Å². The summed E-state index contributed by atoms with van der Waals surface area (Å²) in [6.07, 6.45) is 7.75. The molecular formula is C14H26N4. The van der Waals surface area contributed by atoms with Gasteiger partial charge < -0.3 is 10.2 Å². The van der Waals surface area contributed by atoms with Gasteiger partial charge in [0.2, 0.25) is 0 Å². The van der Waals surface area contributed by atoms with E-state index in [2.05, 4.69) is 41.1 Å². The second-order valence-electron chi connectivity index (χ2n) is 4.67. The Bertz CT molecular complexity index is 327. The Morgan fingerprint density at radius 3 is 2.61 bits per heavy atom. The van der Waals surface area contributed by atoms with Gasteiger partial charge in [0.05, 0.1) is 0 Å².